The van der Waals surface area contributed by atoms with E-state index in [2.05, 4.69) is 27.0 Å². The van der Waals surface area contributed by atoms with E-state index in [-0.39, 0.29) is 0 Å². The van der Waals surface area contributed by atoms with Crippen LogP contribution in [0, 0.1) is 11.8 Å². The fourth-order valence-corrected chi connectivity index (χ4v) is 1.67. The summed E-state index contributed by atoms with van der Waals surface area (Å²) in [5.41, 5.74) is 1.30. The number of halogens is 1. The van der Waals surface area contributed by atoms with E-state index >= 15 is 0 Å². The maximum Gasteiger partial charge on any atom is 0.0249 e. The second-order valence-electron chi connectivity index (χ2n) is 4.25. The van der Waals surface area contributed by atoms with Crippen molar-refractivity contribution in [2.24, 2.45) is 11.8 Å². The molecule has 0 aromatic carbocycles. The highest BCUT2D eigenvalue weighted by molar-refractivity contribution is 6.18. The van der Waals surface area contributed by atoms with Crippen LogP contribution in [0.15, 0.2) is 24.8 Å². The molecular weight excluding hydrogens is 192 g/mol. The van der Waals surface area contributed by atoms with Gasteiger partial charge in [-0.25, -0.2) is 0 Å². The molecule has 0 rings (SSSR count). The summed E-state index contributed by atoms with van der Waals surface area (Å²) >= 11 is 5.78. The molecule has 0 spiro atoms. The van der Waals surface area contributed by atoms with Crippen molar-refractivity contribution in [3.05, 3.63) is 24.8 Å². The normalized spacial score (nSPS) is 14.8. The van der Waals surface area contributed by atoms with E-state index in [0.717, 1.165) is 12.3 Å². The molecule has 0 aromatic heterocycles. The first kappa shape index (κ1) is 13.8. The number of allylic oxidation sites excluding steroid dienone is 2. The first-order chi connectivity index (χ1) is 6.61. The van der Waals surface area contributed by atoms with Gasteiger partial charge in [0.05, 0.1) is 0 Å². The first-order valence-electron chi connectivity index (χ1n) is 5.44. The van der Waals surface area contributed by atoms with Crippen LogP contribution in [0.4, 0.5) is 0 Å². The van der Waals surface area contributed by atoms with Gasteiger partial charge in [0, 0.05) is 5.88 Å². The molecule has 0 fully saturated rings. The molecule has 0 saturated carbocycles. The Labute approximate surface area is 94.0 Å². The Bertz CT molecular complexity index is 172. The molecule has 0 radical (unpaired) electrons. The van der Waals surface area contributed by atoms with Crippen LogP contribution >= 0.6 is 11.6 Å². The van der Waals surface area contributed by atoms with E-state index in [1.807, 2.05) is 6.08 Å². The number of alkyl halides is 1. The smallest absolute Gasteiger partial charge is 0.0249 e. The Balaban J connectivity index is 3.84. The first-order valence-corrected chi connectivity index (χ1v) is 5.97. The van der Waals surface area contributed by atoms with Gasteiger partial charge in [0.15, 0.2) is 0 Å². The van der Waals surface area contributed by atoms with Gasteiger partial charge in [-0.05, 0) is 44.4 Å². The molecule has 0 amide bonds. The monoisotopic (exact) mass is 214 g/mol. The average Bonchev–Trinajstić information content (AvgIpc) is 2.16. The molecule has 82 valence electrons. The van der Waals surface area contributed by atoms with E-state index in [4.69, 9.17) is 11.6 Å². The molecule has 0 heterocycles. The molecule has 0 bridgehead atoms. The minimum atomic E-state index is 0.627. The average molecular weight is 215 g/mol. The van der Waals surface area contributed by atoms with Gasteiger partial charge < -0.3 is 0 Å². The number of hydrogen-bond acceptors (Lipinski definition) is 0. The summed E-state index contributed by atoms with van der Waals surface area (Å²) in [4.78, 5) is 0. The predicted octanol–water partition coefficient (Wildman–Crippen LogP) is 4.80. The van der Waals surface area contributed by atoms with Crippen molar-refractivity contribution in [2.75, 3.05) is 5.88 Å². The summed E-state index contributed by atoms with van der Waals surface area (Å²) in [5, 5.41) is 0. The van der Waals surface area contributed by atoms with Crippen LogP contribution in [0.5, 0.6) is 0 Å². The van der Waals surface area contributed by atoms with Gasteiger partial charge >= 0.3 is 0 Å². The highest BCUT2D eigenvalue weighted by Gasteiger charge is 2.10. The molecular formula is C13H23Cl. The molecule has 2 unspecified atom stereocenters. The summed E-state index contributed by atoms with van der Waals surface area (Å²) in [7, 11) is 0. The van der Waals surface area contributed by atoms with Crippen LogP contribution in [0.1, 0.15) is 39.5 Å². The third kappa shape index (κ3) is 6.26. The molecule has 0 aliphatic rings. The lowest BCUT2D eigenvalue weighted by molar-refractivity contribution is 0.450. The summed E-state index contributed by atoms with van der Waals surface area (Å²) in [6.07, 6.45) is 6.69. The highest BCUT2D eigenvalue weighted by atomic mass is 35.5. The largest absolute Gasteiger partial charge is 0.126 e. The van der Waals surface area contributed by atoms with E-state index < -0.39 is 0 Å². The summed E-state index contributed by atoms with van der Waals surface area (Å²) in [6.45, 7) is 12.1. The van der Waals surface area contributed by atoms with Gasteiger partial charge in [-0.15, -0.1) is 18.2 Å². The predicted molar refractivity (Wildman–Crippen MR) is 66.9 cm³/mol. The van der Waals surface area contributed by atoms with Gasteiger partial charge in [0.25, 0.3) is 0 Å². The SMILES string of the molecule is C=CCCC(CCC(C)CCl)C(=C)C. The van der Waals surface area contributed by atoms with E-state index in [9.17, 15) is 0 Å². The third-order valence-electron chi connectivity index (χ3n) is 2.69. The fourth-order valence-electron chi connectivity index (χ4n) is 1.52. The molecule has 0 aromatic rings. The summed E-state index contributed by atoms with van der Waals surface area (Å²) < 4.78 is 0. The number of rotatable bonds is 8. The van der Waals surface area contributed by atoms with Crippen LogP contribution < -0.4 is 0 Å². The van der Waals surface area contributed by atoms with Gasteiger partial charge in [0.1, 0.15) is 0 Å². The van der Waals surface area contributed by atoms with E-state index in [1.165, 1.54) is 24.8 Å². The molecule has 1 heteroatoms. The zero-order chi connectivity index (χ0) is 11.0. The lowest BCUT2D eigenvalue weighted by atomic mass is 9.89. The van der Waals surface area contributed by atoms with Crippen molar-refractivity contribution in [3.63, 3.8) is 0 Å². The molecule has 14 heavy (non-hydrogen) atoms. The zero-order valence-electron chi connectivity index (χ0n) is 9.56. The Morgan fingerprint density at radius 2 is 2.00 bits per heavy atom. The second kappa shape index (κ2) is 8.11. The molecule has 0 nitrogen and oxygen atoms in total. The van der Waals surface area contributed by atoms with Crippen molar-refractivity contribution < 1.29 is 0 Å². The van der Waals surface area contributed by atoms with Crippen LogP contribution in [0.3, 0.4) is 0 Å². The Kier molecular flexibility index (Phi) is 7.98. The van der Waals surface area contributed by atoms with Crippen LogP contribution in [0.25, 0.3) is 0 Å². The maximum absolute atomic E-state index is 5.78. The fraction of sp³-hybridized carbons (Fsp3) is 0.692. The molecule has 0 aliphatic heterocycles. The summed E-state index contributed by atoms with van der Waals surface area (Å²) in [5.74, 6) is 2.05. The van der Waals surface area contributed by atoms with Crippen LogP contribution in [-0.4, -0.2) is 5.88 Å². The van der Waals surface area contributed by atoms with Crippen molar-refractivity contribution in [3.8, 4) is 0 Å². The van der Waals surface area contributed by atoms with Crippen LogP contribution in [-0.2, 0) is 0 Å². The second-order valence-corrected chi connectivity index (χ2v) is 4.55. The van der Waals surface area contributed by atoms with Gasteiger partial charge in [0.2, 0.25) is 0 Å². The lowest BCUT2D eigenvalue weighted by Crippen LogP contribution is -2.05. The Morgan fingerprint density at radius 1 is 1.36 bits per heavy atom. The van der Waals surface area contributed by atoms with Crippen molar-refractivity contribution >= 4 is 11.6 Å². The van der Waals surface area contributed by atoms with Gasteiger partial charge in [-0.3, -0.25) is 0 Å². The standard InChI is InChI=1S/C13H23Cl/c1-5-6-7-13(11(2)3)9-8-12(4)10-14/h5,12-13H,1-2,6-10H2,3-4H3. The van der Waals surface area contributed by atoms with Gasteiger partial charge in [-0.2, -0.15) is 0 Å². The minimum absolute atomic E-state index is 0.627. The maximum atomic E-state index is 5.78. The van der Waals surface area contributed by atoms with Crippen molar-refractivity contribution in [1.29, 1.82) is 0 Å². The highest BCUT2D eigenvalue weighted by Crippen LogP contribution is 2.23. The Hall–Kier alpha value is -0.230. The molecule has 0 saturated heterocycles. The third-order valence-corrected chi connectivity index (χ3v) is 3.21. The van der Waals surface area contributed by atoms with Crippen molar-refractivity contribution in [1.82, 2.24) is 0 Å². The molecule has 2 atom stereocenters. The van der Waals surface area contributed by atoms with Gasteiger partial charge in [-0.1, -0.05) is 25.2 Å². The quantitative estimate of drug-likeness (QED) is 0.402. The number of hydrogen-bond donors (Lipinski definition) is 0. The van der Waals surface area contributed by atoms with Crippen molar-refractivity contribution in [2.45, 2.75) is 39.5 Å². The topological polar surface area (TPSA) is 0 Å². The lowest BCUT2D eigenvalue weighted by Gasteiger charge is -2.17. The van der Waals surface area contributed by atoms with Crippen LogP contribution in [0.2, 0.25) is 0 Å². The zero-order valence-corrected chi connectivity index (χ0v) is 10.3. The Morgan fingerprint density at radius 3 is 2.43 bits per heavy atom. The minimum Gasteiger partial charge on any atom is -0.126 e. The molecule has 0 N–H and O–H groups in total. The van der Waals surface area contributed by atoms with E-state index in [1.54, 1.807) is 0 Å². The summed E-state index contributed by atoms with van der Waals surface area (Å²) in [6, 6.07) is 0. The van der Waals surface area contributed by atoms with E-state index in [0.29, 0.717) is 11.8 Å². The molecule has 0 aliphatic carbocycles.